The van der Waals surface area contributed by atoms with Gasteiger partial charge in [-0.2, -0.15) is 0 Å². The minimum absolute atomic E-state index is 0.419. The molecule has 0 unspecified atom stereocenters. The Morgan fingerprint density at radius 3 is 1.68 bits per heavy atom. The van der Waals surface area contributed by atoms with E-state index in [1.54, 1.807) is 0 Å². The van der Waals surface area contributed by atoms with Crippen LogP contribution in [0.2, 0.25) is 5.02 Å². The second kappa shape index (κ2) is 12.5. The Hall–Kier alpha value is -1.41. The highest BCUT2D eigenvalue weighted by Crippen LogP contribution is 2.40. The van der Waals surface area contributed by atoms with E-state index in [9.17, 15) is 8.78 Å². The van der Waals surface area contributed by atoms with Gasteiger partial charge in [-0.15, -0.1) is 0 Å². The minimum atomic E-state index is -0.679. The molecular weight excluding hydrogens is 446 g/mol. The second-order valence-corrected chi connectivity index (χ2v) is 11.5. The molecule has 0 spiro atoms. The van der Waals surface area contributed by atoms with Crippen LogP contribution in [-0.2, 0) is 12.8 Å². The SMILES string of the molecule is CCC[C@H]1CC[C@H](CC[C@H]2CC[C@H](c3ccc(CCc4cc(F)c(Cl)c(F)c4)cc3)CC2)CC1. The first-order valence-electron chi connectivity index (χ1n) is 13.7. The van der Waals surface area contributed by atoms with Crippen molar-refractivity contribution in [1.82, 2.24) is 0 Å². The Morgan fingerprint density at radius 2 is 1.15 bits per heavy atom. The maximum atomic E-state index is 13.7. The van der Waals surface area contributed by atoms with E-state index in [0.717, 1.165) is 24.2 Å². The topological polar surface area (TPSA) is 0 Å². The Morgan fingerprint density at radius 1 is 0.676 bits per heavy atom. The highest BCUT2D eigenvalue weighted by molar-refractivity contribution is 6.30. The predicted octanol–water partition coefficient (Wildman–Crippen LogP) is 10.1. The van der Waals surface area contributed by atoms with Gasteiger partial charge in [-0.3, -0.25) is 0 Å². The summed E-state index contributed by atoms with van der Waals surface area (Å²) in [4.78, 5) is 0. The van der Waals surface area contributed by atoms with Gasteiger partial charge in [0.1, 0.15) is 16.7 Å². The van der Waals surface area contributed by atoms with Crippen LogP contribution < -0.4 is 0 Å². The van der Waals surface area contributed by atoms with Crippen molar-refractivity contribution in [2.24, 2.45) is 17.8 Å². The van der Waals surface area contributed by atoms with Crippen molar-refractivity contribution in [2.75, 3.05) is 0 Å². The van der Waals surface area contributed by atoms with Gasteiger partial charge >= 0.3 is 0 Å². The number of hydrogen-bond acceptors (Lipinski definition) is 0. The lowest BCUT2D eigenvalue weighted by Gasteiger charge is -2.32. The Bertz CT molecular complexity index is 867. The molecule has 0 saturated heterocycles. The molecule has 2 aromatic carbocycles. The van der Waals surface area contributed by atoms with Gasteiger partial charge in [0.05, 0.1) is 0 Å². The monoisotopic (exact) mass is 486 g/mol. The van der Waals surface area contributed by atoms with E-state index < -0.39 is 16.7 Å². The molecule has 0 atom stereocenters. The molecule has 0 aliphatic heterocycles. The summed E-state index contributed by atoms with van der Waals surface area (Å²) in [6.45, 7) is 2.33. The lowest BCUT2D eigenvalue weighted by Crippen LogP contribution is -2.17. The Kier molecular flexibility index (Phi) is 9.46. The van der Waals surface area contributed by atoms with Crippen LogP contribution in [0.4, 0.5) is 8.78 Å². The fourth-order valence-corrected chi connectivity index (χ4v) is 6.58. The largest absolute Gasteiger partial charge is 0.205 e. The summed E-state index contributed by atoms with van der Waals surface area (Å²) in [5.74, 6) is 2.29. The number of benzene rings is 2. The summed E-state index contributed by atoms with van der Waals surface area (Å²) in [7, 11) is 0. The highest BCUT2D eigenvalue weighted by atomic mass is 35.5. The van der Waals surface area contributed by atoms with Gasteiger partial charge in [-0.25, -0.2) is 8.78 Å². The molecule has 0 amide bonds. The van der Waals surface area contributed by atoms with Crippen molar-refractivity contribution in [1.29, 1.82) is 0 Å². The molecule has 2 aliphatic rings. The predicted molar refractivity (Wildman–Crippen MR) is 140 cm³/mol. The molecular formula is C31H41ClF2. The molecule has 0 bridgehead atoms. The normalized spacial score (nSPS) is 25.4. The average molecular weight is 487 g/mol. The van der Waals surface area contributed by atoms with Gasteiger partial charge in [0.15, 0.2) is 0 Å². The maximum Gasteiger partial charge on any atom is 0.145 e. The van der Waals surface area contributed by atoms with E-state index >= 15 is 0 Å². The lowest BCUT2D eigenvalue weighted by molar-refractivity contribution is 0.224. The first-order chi connectivity index (χ1) is 16.5. The number of hydrogen-bond donors (Lipinski definition) is 0. The van der Waals surface area contributed by atoms with Gasteiger partial charge in [0.2, 0.25) is 0 Å². The van der Waals surface area contributed by atoms with Crippen LogP contribution in [0.3, 0.4) is 0 Å². The summed E-state index contributed by atoms with van der Waals surface area (Å²) in [5, 5.41) is -0.419. The van der Waals surface area contributed by atoms with Crippen molar-refractivity contribution >= 4 is 11.6 Å². The summed E-state index contributed by atoms with van der Waals surface area (Å²) in [5.41, 5.74) is 3.32. The van der Waals surface area contributed by atoms with E-state index in [4.69, 9.17) is 11.6 Å². The third kappa shape index (κ3) is 7.06. The summed E-state index contributed by atoms with van der Waals surface area (Å²) in [6.07, 6.45) is 18.4. The van der Waals surface area contributed by atoms with Crippen molar-refractivity contribution in [2.45, 2.75) is 103 Å². The molecule has 2 aromatic rings. The molecule has 3 heteroatoms. The van der Waals surface area contributed by atoms with Gasteiger partial charge in [0.25, 0.3) is 0 Å². The third-order valence-corrected chi connectivity index (χ3v) is 9.05. The van der Waals surface area contributed by atoms with Gasteiger partial charge in [-0.1, -0.05) is 94.2 Å². The van der Waals surface area contributed by atoms with E-state index in [-0.39, 0.29) is 0 Å². The van der Waals surface area contributed by atoms with E-state index in [1.165, 1.54) is 100 Å². The third-order valence-electron chi connectivity index (χ3n) is 8.69. The first-order valence-corrected chi connectivity index (χ1v) is 14.1. The van der Waals surface area contributed by atoms with Crippen LogP contribution >= 0.6 is 11.6 Å². The average Bonchev–Trinajstić information content (AvgIpc) is 2.86. The molecule has 2 fully saturated rings. The van der Waals surface area contributed by atoms with Crippen molar-refractivity contribution in [3.63, 3.8) is 0 Å². The Balaban J connectivity index is 1.18. The molecule has 34 heavy (non-hydrogen) atoms. The zero-order valence-corrected chi connectivity index (χ0v) is 21.6. The molecule has 186 valence electrons. The van der Waals surface area contributed by atoms with E-state index in [2.05, 4.69) is 31.2 Å². The fourth-order valence-electron chi connectivity index (χ4n) is 6.47. The van der Waals surface area contributed by atoms with Crippen LogP contribution in [-0.4, -0.2) is 0 Å². The summed E-state index contributed by atoms with van der Waals surface area (Å²) in [6, 6.07) is 11.6. The molecule has 0 heterocycles. The number of halogens is 3. The second-order valence-electron chi connectivity index (χ2n) is 11.1. The highest BCUT2D eigenvalue weighted by Gasteiger charge is 2.25. The lowest BCUT2D eigenvalue weighted by atomic mass is 9.74. The van der Waals surface area contributed by atoms with Crippen LogP contribution in [0.1, 0.15) is 107 Å². The minimum Gasteiger partial charge on any atom is -0.205 e. The van der Waals surface area contributed by atoms with Crippen molar-refractivity contribution in [3.05, 3.63) is 69.7 Å². The molecule has 0 radical (unpaired) electrons. The maximum absolute atomic E-state index is 13.7. The molecule has 0 N–H and O–H groups in total. The standard InChI is InChI=1S/C31H41ClF2/c1-2-3-22-4-6-23(7-5-22)8-9-24-12-16-27(17-13-24)28-18-14-25(15-19-28)10-11-26-20-29(33)31(32)30(34)21-26/h14-15,18-24,27H,2-13,16-17H2,1H3/t22-,23-,24-,27-. The van der Waals surface area contributed by atoms with Crippen LogP contribution in [0.5, 0.6) is 0 Å². The van der Waals surface area contributed by atoms with Gasteiger partial charge in [-0.05, 0) is 91.0 Å². The van der Waals surface area contributed by atoms with E-state index in [0.29, 0.717) is 17.9 Å². The molecule has 0 nitrogen and oxygen atoms in total. The van der Waals surface area contributed by atoms with Gasteiger partial charge in [0, 0.05) is 0 Å². The quantitative estimate of drug-likeness (QED) is 0.309. The van der Waals surface area contributed by atoms with Crippen LogP contribution in [0.15, 0.2) is 36.4 Å². The molecule has 4 rings (SSSR count). The summed E-state index contributed by atoms with van der Waals surface area (Å²) >= 11 is 5.58. The zero-order chi connectivity index (χ0) is 23.9. The molecule has 0 aromatic heterocycles. The van der Waals surface area contributed by atoms with Crippen LogP contribution in [0.25, 0.3) is 0 Å². The number of aryl methyl sites for hydroxylation is 2. The Labute approximate surface area is 210 Å². The van der Waals surface area contributed by atoms with Crippen molar-refractivity contribution < 1.29 is 8.78 Å². The molecule has 2 aliphatic carbocycles. The van der Waals surface area contributed by atoms with Gasteiger partial charge < -0.3 is 0 Å². The van der Waals surface area contributed by atoms with Crippen LogP contribution in [0, 0.1) is 29.4 Å². The first kappa shape index (κ1) is 25.7. The fraction of sp³-hybridized carbons (Fsp3) is 0.613. The molecule has 2 saturated carbocycles. The zero-order valence-electron chi connectivity index (χ0n) is 20.8. The smallest absolute Gasteiger partial charge is 0.145 e. The number of rotatable bonds is 9. The summed E-state index contributed by atoms with van der Waals surface area (Å²) < 4.78 is 27.3. The van der Waals surface area contributed by atoms with E-state index in [1.807, 2.05) is 0 Å². The van der Waals surface area contributed by atoms with Crippen molar-refractivity contribution in [3.8, 4) is 0 Å².